The summed E-state index contributed by atoms with van der Waals surface area (Å²) in [6.45, 7) is 4.67. The van der Waals surface area contributed by atoms with Crippen LogP contribution >= 0.6 is 12.6 Å². The predicted molar refractivity (Wildman–Crippen MR) is 70.9 cm³/mol. The van der Waals surface area contributed by atoms with Crippen LogP contribution in [0.3, 0.4) is 0 Å². The van der Waals surface area contributed by atoms with Crippen LogP contribution in [0.1, 0.15) is 25.3 Å². The maximum atomic E-state index is 10.4. The highest BCUT2D eigenvalue weighted by atomic mass is 32.1. The highest BCUT2D eigenvalue weighted by Gasteiger charge is 1.95. The number of hydrogen-bond acceptors (Lipinski definition) is 3. The molecule has 0 saturated carbocycles. The van der Waals surface area contributed by atoms with E-state index < -0.39 is 0 Å². The van der Waals surface area contributed by atoms with Gasteiger partial charge >= 0.3 is 5.97 Å². The van der Waals surface area contributed by atoms with E-state index in [0.29, 0.717) is 6.61 Å². The summed E-state index contributed by atoms with van der Waals surface area (Å²) in [7, 11) is 0. The van der Waals surface area contributed by atoms with Crippen molar-refractivity contribution >= 4 is 18.6 Å². The summed E-state index contributed by atoms with van der Waals surface area (Å²) in [6, 6.07) is 10.3. The second-order valence-electron chi connectivity index (χ2n) is 3.39. The van der Waals surface area contributed by atoms with Gasteiger partial charge in [-0.1, -0.05) is 49.2 Å². The number of unbranched alkanes of at least 4 members (excludes halogenated alkanes) is 1. The third-order valence-electron chi connectivity index (χ3n) is 1.83. The first-order chi connectivity index (χ1) is 7.70. The molecule has 1 aromatic rings. The van der Waals surface area contributed by atoms with Gasteiger partial charge in [-0.3, -0.25) is 4.79 Å². The maximum Gasteiger partial charge on any atom is 0.315 e. The Morgan fingerprint density at radius 2 is 1.94 bits per heavy atom. The zero-order valence-electron chi connectivity index (χ0n) is 9.98. The van der Waals surface area contributed by atoms with Crippen LogP contribution in [0, 0.1) is 6.92 Å². The van der Waals surface area contributed by atoms with Crippen molar-refractivity contribution in [3.63, 3.8) is 0 Å². The Balaban J connectivity index is 0.000000288. The molecule has 90 valence electrons. The number of thiol groups is 1. The summed E-state index contributed by atoms with van der Waals surface area (Å²) in [5.41, 5.74) is 1.32. The Morgan fingerprint density at radius 1 is 1.31 bits per heavy atom. The van der Waals surface area contributed by atoms with E-state index in [-0.39, 0.29) is 11.7 Å². The molecule has 0 aromatic heterocycles. The summed E-state index contributed by atoms with van der Waals surface area (Å²) in [6.07, 6.45) is 2.00. The number of benzene rings is 1. The van der Waals surface area contributed by atoms with Crippen molar-refractivity contribution in [1.29, 1.82) is 0 Å². The van der Waals surface area contributed by atoms with Crippen LogP contribution in [0.25, 0.3) is 0 Å². The molecule has 0 heterocycles. The molecule has 0 unspecified atom stereocenters. The van der Waals surface area contributed by atoms with Gasteiger partial charge in [0.25, 0.3) is 0 Å². The first-order valence-corrected chi connectivity index (χ1v) is 6.12. The lowest BCUT2D eigenvalue weighted by Crippen LogP contribution is -2.06. The average molecular weight is 240 g/mol. The molecule has 0 N–H and O–H groups in total. The fourth-order valence-electron chi connectivity index (χ4n) is 0.910. The highest BCUT2D eigenvalue weighted by Crippen LogP contribution is 1.92. The number of rotatable bonds is 4. The fourth-order valence-corrected chi connectivity index (χ4v) is 1.00. The summed E-state index contributed by atoms with van der Waals surface area (Å²) >= 11 is 3.74. The number of hydrogen-bond donors (Lipinski definition) is 1. The molecular formula is C13H20O2S. The zero-order chi connectivity index (χ0) is 12.2. The van der Waals surface area contributed by atoms with Crippen LogP contribution < -0.4 is 0 Å². The quantitative estimate of drug-likeness (QED) is 0.497. The largest absolute Gasteiger partial charge is 0.465 e. The van der Waals surface area contributed by atoms with E-state index in [9.17, 15) is 4.79 Å². The summed E-state index contributed by atoms with van der Waals surface area (Å²) in [5.74, 6) is -0.0456. The number of carbonyl (C=O) groups is 1. The second kappa shape index (κ2) is 10.6. The SMILES string of the molecule is CCCCOC(=O)CS.Cc1ccccc1. The van der Waals surface area contributed by atoms with Crippen molar-refractivity contribution in [1.82, 2.24) is 0 Å². The third-order valence-corrected chi connectivity index (χ3v) is 2.09. The Morgan fingerprint density at radius 3 is 2.31 bits per heavy atom. The van der Waals surface area contributed by atoms with Gasteiger partial charge in [0, 0.05) is 0 Å². The number of carbonyl (C=O) groups excluding carboxylic acids is 1. The Kier molecular flexibility index (Phi) is 9.92. The van der Waals surface area contributed by atoms with Gasteiger partial charge in [0.15, 0.2) is 0 Å². The van der Waals surface area contributed by atoms with Gasteiger partial charge in [0.1, 0.15) is 0 Å². The highest BCUT2D eigenvalue weighted by molar-refractivity contribution is 7.81. The fraction of sp³-hybridized carbons (Fsp3) is 0.462. The van der Waals surface area contributed by atoms with E-state index in [1.807, 2.05) is 18.2 Å². The van der Waals surface area contributed by atoms with Crippen LogP contribution in [0.5, 0.6) is 0 Å². The molecule has 2 nitrogen and oxygen atoms in total. The molecule has 0 atom stereocenters. The summed E-state index contributed by atoms with van der Waals surface area (Å²) in [5, 5.41) is 0. The van der Waals surface area contributed by atoms with Crippen LogP contribution in [0.2, 0.25) is 0 Å². The first kappa shape index (κ1) is 15.0. The van der Waals surface area contributed by atoms with E-state index in [4.69, 9.17) is 4.74 Å². The molecule has 0 aliphatic heterocycles. The maximum absolute atomic E-state index is 10.4. The zero-order valence-corrected chi connectivity index (χ0v) is 10.9. The van der Waals surface area contributed by atoms with Crippen LogP contribution in [-0.4, -0.2) is 18.3 Å². The predicted octanol–water partition coefficient (Wildman–Crippen LogP) is 3.25. The van der Waals surface area contributed by atoms with Crippen molar-refractivity contribution in [3.8, 4) is 0 Å². The standard InChI is InChI=1S/C7H8.C6H12O2S/c1-7-5-3-2-4-6-7;1-2-3-4-8-6(7)5-9/h2-6H,1H3;9H,2-5H2,1H3. The minimum absolute atomic E-state index is 0.184. The molecule has 0 fully saturated rings. The molecule has 0 radical (unpaired) electrons. The molecule has 3 heteroatoms. The van der Waals surface area contributed by atoms with Crippen molar-refractivity contribution < 1.29 is 9.53 Å². The normalized spacial score (nSPS) is 8.94. The topological polar surface area (TPSA) is 26.3 Å². The van der Waals surface area contributed by atoms with Gasteiger partial charge in [0.05, 0.1) is 12.4 Å². The lowest BCUT2D eigenvalue weighted by Gasteiger charge is -1.98. The molecular weight excluding hydrogens is 220 g/mol. The number of esters is 1. The van der Waals surface area contributed by atoms with Crippen molar-refractivity contribution in [2.75, 3.05) is 12.4 Å². The lowest BCUT2D eigenvalue weighted by molar-refractivity contribution is -0.140. The molecule has 0 bridgehead atoms. The second-order valence-corrected chi connectivity index (χ2v) is 3.70. The average Bonchev–Trinajstić information content (AvgIpc) is 2.31. The molecule has 0 saturated heterocycles. The van der Waals surface area contributed by atoms with E-state index in [1.54, 1.807) is 0 Å². The van der Waals surface area contributed by atoms with Crippen molar-refractivity contribution in [2.45, 2.75) is 26.7 Å². The van der Waals surface area contributed by atoms with Crippen molar-refractivity contribution in [2.24, 2.45) is 0 Å². The van der Waals surface area contributed by atoms with E-state index in [1.165, 1.54) is 5.56 Å². The first-order valence-electron chi connectivity index (χ1n) is 5.48. The van der Waals surface area contributed by atoms with Gasteiger partial charge in [-0.05, 0) is 13.3 Å². The van der Waals surface area contributed by atoms with Crippen molar-refractivity contribution in [3.05, 3.63) is 35.9 Å². The van der Waals surface area contributed by atoms with Gasteiger partial charge in [-0.15, -0.1) is 0 Å². The molecule has 0 aliphatic carbocycles. The molecule has 0 amide bonds. The van der Waals surface area contributed by atoms with Gasteiger partial charge < -0.3 is 4.74 Å². The minimum atomic E-state index is -0.230. The molecule has 1 aromatic carbocycles. The summed E-state index contributed by atoms with van der Waals surface area (Å²) < 4.78 is 4.72. The Labute approximate surface area is 103 Å². The smallest absolute Gasteiger partial charge is 0.315 e. The Bertz CT molecular complexity index is 273. The molecule has 0 spiro atoms. The molecule has 1 rings (SSSR count). The van der Waals surface area contributed by atoms with Gasteiger partial charge in [0.2, 0.25) is 0 Å². The van der Waals surface area contributed by atoms with Crippen LogP contribution in [0.15, 0.2) is 30.3 Å². The van der Waals surface area contributed by atoms with E-state index in [0.717, 1.165) is 12.8 Å². The number of ether oxygens (including phenoxy) is 1. The lowest BCUT2D eigenvalue weighted by atomic mass is 10.2. The van der Waals surface area contributed by atoms with Crippen LogP contribution in [0.4, 0.5) is 0 Å². The number of aryl methyl sites for hydroxylation is 1. The van der Waals surface area contributed by atoms with Gasteiger partial charge in [-0.25, -0.2) is 0 Å². The third kappa shape index (κ3) is 9.59. The van der Waals surface area contributed by atoms with E-state index in [2.05, 4.69) is 38.6 Å². The molecule has 0 aliphatic rings. The monoisotopic (exact) mass is 240 g/mol. The molecule has 16 heavy (non-hydrogen) atoms. The Hall–Kier alpha value is -0.960. The minimum Gasteiger partial charge on any atom is -0.465 e. The van der Waals surface area contributed by atoms with Crippen LogP contribution in [-0.2, 0) is 9.53 Å². The van der Waals surface area contributed by atoms with Gasteiger partial charge in [-0.2, -0.15) is 12.6 Å². The summed E-state index contributed by atoms with van der Waals surface area (Å²) in [4.78, 5) is 10.4. The van der Waals surface area contributed by atoms with E-state index >= 15 is 0 Å².